The average Bonchev–Trinajstić information content (AvgIpc) is 3.08. The van der Waals surface area contributed by atoms with Crippen molar-refractivity contribution in [1.82, 2.24) is 4.90 Å². The molecule has 132 valence electrons. The maximum absolute atomic E-state index is 12.2. The van der Waals surface area contributed by atoms with Crippen LogP contribution in [0.15, 0.2) is 33.5 Å². The second kappa shape index (κ2) is 6.96. The molecule has 0 radical (unpaired) electrons. The molecule has 1 aliphatic rings. The monoisotopic (exact) mass is 344 g/mol. The first-order valence-electron chi connectivity index (χ1n) is 8.19. The molecule has 0 spiro atoms. The number of hydrogen-bond acceptors (Lipinski definition) is 6. The number of carbonyl (C=O) groups is 2. The second-order valence-corrected chi connectivity index (χ2v) is 5.96. The molecule has 1 aromatic heterocycles. The van der Waals surface area contributed by atoms with E-state index in [1.165, 1.54) is 11.0 Å². The third-order valence-electron chi connectivity index (χ3n) is 4.39. The van der Waals surface area contributed by atoms with Gasteiger partial charge in [-0.3, -0.25) is 4.79 Å². The Balaban J connectivity index is 1.74. The fraction of sp³-hybridized carbons (Fsp3) is 0.389. The van der Waals surface area contributed by atoms with Crippen molar-refractivity contribution in [1.29, 1.82) is 0 Å². The SMILES string of the molecule is CCc1cc(=O)oc2cc(OCC(=O)N3CCC[C@@H]3C(=O)[O-])ccc12. The van der Waals surface area contributed by atoms with Crippen molar-refractivity contribution in [3.8, 4) is 5.75 Å². The molecule has 1 fully saturated rings. The molecule has 1 amide bonds. The number of aliphatic carboxylic acids is 1. The van der Waals surface area contributed by atoms with Gasteiger partial charge in [0.25, 0.3) is 5.91 Å². The fourth-order valence-corrected chi connectivity index (χ4v) is 3.13. The Hall–Kier alpha value is -2.83. The van der Waals surface area contributed by atoms with Gasteiger partial charge in [0.1, 0.15) is 11.3 Å². The quantitative estimate of drug-likeness (QED) is 0.731. The molecule has 3 rings (SSSR count). The molecule has 1 saturated heterocycles. The van der Waals surface area contributed by atoms with Gasteiger partial charge in [0.15, 0.2) is 6.61 Å². The van der Waals surface area contributed by atoms with E-state index in [4.69, 9.17) is 9.15 Å². The third-order valence-corrected chi connectivity index (χ3v) is 4.39. The molecule has 7 heteroatoms. The van der Waals surface area contributed by atoms with Crippen LogP contribution in [0.1, 0.15) is 25.3 Å². The Morgan fingerprint density at radius 1 is 1.36 bits per heavy atom. The number of carboxylic acid groups (broad SMARTS) is 1. The maximum Gasteiger partial charge on any atom is 0.336 e. The highest BCUT2D eigenvalue weighted by Crippen LogP contribution is 2.23. The minimum absolute atomic E-state index is 0.285. The van der Waals surface area contributed by atoms with Crippen LogP contribution in [-0.4, -0.2) is 36.0 Å². The van der Waals surface area contributed by atoms with Gasteiger partial charge < -0.3 is 24.0 Å². The number of likely N-dealkylation sites (tertiary alicyclic amines) is 1. The largest absolute Gasteiger partial charge is 0.548 e. The summed E-state index contributed by atoms with van der Waals surface area (Å²) in [6.07, 6.45) is 1.72. The minimum Gasteiger partial charge on any atom is -0.548 e. The number of benzene rings is 1. The predicted molar refractivity (Wildman–Crippen MR) is 87.1 cm³/mol. The van der Waals surface area contributed by atoms with Crippen LogP contribution in [0.4, 0.5) is 0 Å². The Morgan fingerprint density at radius 3 is 2.88 bits per heavy atom. The predicted octanol–water partition coefficient (Wildman–Crippen LogP) is 0.475. The van der Waals surface area contributed by atoms with E-state index in [9.17, 15) is 19.5 Å². The highest BCUT2D eigenvalue weighted by molar-refractivity contribution is 5.85. The molecule has 2 aromatic rings. The van der Waals surface area contributed by atoms with Crippen molar-refractivity contribution in [2.45, 2.75) is 32.2 Å². The molecule has 25 heavy (non-hydrogen) atoms. The number of rotatable bonds is 5. The summed E-state index contributed by atoms with van der Waals surface area (Å²) in [5.74, 6) is -1.28. The molecular formula is C18H18NO6-. The number of aryl methyl sites for hydroxylation is 1. The van der Waals surface area contributed by atoms with Crippen LogP contribution >= 0.6 is 0 Å². The van der Waals surface area contributed by atoms with E-state index in [2.05, 4.69) is 0 Å². The molecule has 0 saturated carbocycles. The number of nitrogens with zero attached hydrogens (tertiary/aromatic N) is 1. The van der Waals surface area contributed by atoms with E-state index in [1.807, 2.05) is 6.92 Å². The number of amides is 1. The summed E-state index contributed by atoms with van der Waals surface area (Å²) in [7, 11) is 0. The van der Waals surface area contributed by atoms with E-state index in [-0.39, 0.29) is 6.61 Å². The second-order valence-electron chi connectivity index (χ2n) is 5.96. The summed E-state index contributed by atoms with van der Waals surface area (Å²) in [6, 6.07) is 5.59. The van der Waals surface area contributed by atoms with Crippen molar-refractivity contribution in [3.63, 3.8) is 0 Å². The molecule has 1 aromatic carbocycles. The number of fused-ring (bicyclic) bond motifs is 1. The number of ether oxygens (including phenoxy) is 1. The van der Waals surface area contributed by atoms with E-state index in [0.29, 0.717) is 37.1 Å². The van der Waals surface area contributed by atoms with Crippen LogP contribution in [0, 0.1) is 0 Å². The van der Waals surface area contributed by atoms with Crippen molar-refractivity contribution in [2.75, 3.05) is 13.2 Å². The molecule has 0 aliphatic carbocycles. The van der Waals surface area contributed by atoms with Gasteiger partial charge in [-0.15, -0.1) is 0 Å². The lowest BCUT2D eigenvalue weighted by molar-refractivity contribution is -0.310. The number of carbonyl (C=O) groups excluding carboxylic acids is 2. The highest BCUT2D eigenvalue weighted by Gasteiger charge is 2.29. The smallest absolute Gasteiger partial charge is 0.336 e. The van der Waals surface area contributed by atoms with Gasteiger partial charge in [0.2, 0.25) is 0 Å². The van der Waals surface area contributed by atoms with E-state index in [1.54, 1.807) is 18.2 Å². The summed E-state index contributed by atoms with van der Waals surface area (Å²) in [6.45, 7) is 2.04. The van der Waals surface area contributed by atoms with E-state index < -0.39 is 23.5 Å². The first-order valence-corrected chi connectivity index (χ1v) is 8.19. The van der Waals surface area contributed by atoms with Gasteiger partial charge in [0.05, 0.1) is 12.0 Å². The van der Waals surface area contributed by atoms with Crippen LogP contribution in [-0.2, 0) is 16.0 Å². The van der Waals surface area contributed by atoms with Crippen molar-refractivity contribution >= 4 is 22.8 Å². The molecule has 1 aliphatic heterocycles. The molecule has 0 bridgehead atoms. The van der Waals surface area contributed by atoms with E-state index in [0.717, 1.165) is 10.9 Å². The normalized spacial score (nSPS) is 17.0. The zero-order valence-electron chi connectivity index (χ0n) is 13.8. The van der Waals surface area contributed by atoms with Crippen molar-refractivity contribution in [3.05, 3.63) is 40.2 Å². The maximum atomic E-state index is 12.2. The molecule has 0 N–H and O–H groups in total. The lowest BCUT2D eigenvalue weighted by Crippen LogP contribution is -2.48. The zero-order valence-corrected chi connectivity index (χ0v) is 13.8. The summed E-state index contributed by atoms with van der Waals surface area (Å²) >= 11 is 0. The van der Waals surface area contributed by atoms with Gasteiger partial charge in [-0.2, -0.15) is 0 Å². The summed E-state index contributed by atoms with van der Waals surface area (Å²) in [5.41, 5.74) is 0.831. The Morgan fingerprint density at radius 2 is 2.16 bits per heavy atom. The van der Waals surface area contributed by atoms with E-state index >= 15 is 0 Å². The molecule has 7 nitrogen and oxygen atoms in total. The van der Waals surface area contributed by atoms with Gasteiger partial charge in [-0.25, -0.2) is 4.79 Å². The third kappa shape index (κ3) is 3.50. The standard InChI is InChI=1S/C18H19NO6/c1-2-11-8-17(21)25-15-9-12(5-6-13(11)15)24-10-16(20)19-7-3-4-14(19)18(22)23/h5-6,8-9,14H,2-4,7,10H2,1H3,(H,22,23)/p-1/t14-/m1/s1. The van der Waals surface area contributed by atoms with Crippen molar-refractivity contribution in [2.24, 2.45) is 0 Å². The highest BCUT2D eigenvalue weighted by atomic mass is 16.5. The first-order chi connectivity index (χ1) is 12.0. The molecule has 2 heterocycles. The Kier molecular flexibility index (Phi) is 4.74. The van der Waals surface area contributed by atoms with Gasteiger partial charge in [0, 0.05) is 24.1 Å². The average molecular weight is 344 g/mol. The zero-order chi connectivity index (χ0) is 18.0. The van der Waals surface area contributed by atoms with Crippen molar-refractivity contribution < 1.29 is 23.8 Å². The first kappa shape index (κ1) is 17.0. The van der Waals surface area contributed by atoms with Crippen LogP contribution in [0.5, 0.6) is 5.75 Å². The van der Waals surface area contributed by atoms with Gasteiger partial charge >= 0.3 is 5.63 Å². The van der Waals surface area contributed by atoms with Crippen LogP contribution in [0.3, 0.4) is 0 Å². The number of hydrogen-bond donors (Lipinski definition) is 0. The molecule has 0 unspecified atom stereocenters. The van der Waals surface area contributed by atoms with Gasteiger partial charge in [-0.05, 0) is 37.0 Å². The lowest BCUT2D eigenvalue weighted by atomic mass is 10.1. The van der Waals surface area contributed by atoms with Crippen LogP contribution in [0.25, 0.3) is 11.0 Å². The summed E-state index contributed by atoms with van der Waals surface area (Å²) < 4.78 is 10.6. The fourth-order valence-electron chi connectivity index (χ4n) is 3.13. The number of carboxylic acids is 1. The van der Waals surface area contributed by atoms with Gasteiger partial charge in [-0.1, -0.05) is 6.92 Å². The lowest BCUT2D eigenvalue weighted by Gasteiger charge is -2.25. The minimum atomic E-state index is -1.24. The van der Waals surface area contributed by atoms with Crippen LogP contribution in [0.2, 0.25) is 0 Å². The molecular weight excluding hydrogens is 326 g/mol. The molecule has 1 atom stereocenters. The van der Waals surface area contributed by atoms with Crippen LogP contribution < -0.4 is 15.5 Å². The Bertz CT molecular complexity index is 871. The topological polar surface area (TPSA) is 99.9 Å². The Labute approximate surface area is 143 Å². The summed E-state index contributed by atoms with van der Waals surface area (Å²) in [5, 5.41) is 11.9. The summed E-state index contributed by atoms with van der Waals surface area (Å²) in [4.78, 5) is 36.1.